The SMILES string of the molecule is N#Cc1ccccc1NC(=O)CCCOCC1CCCC1. The molecule has 0 radical (unpaired) electrons. The summed E-state index contributed by atoms with van der Waals surface area (Å²) in [4.78, 5) is 11.8. The quantitative estimate of drug-likeness (QED) is 0.780. The number of hydrogen-bond acceptors (Lipinski definition) is 3. The molecule has 0 heterocycles. The van der Waals surface area contributed by atoms with Crippen LogP contribution in [0.3, 0.4) is 0 Å². The molecule has 0 saturated heterocycles. The predicted octanol–water partition coefficient (Wildman–Crippen LogP) is 3.48. The summed E-state index contributed by atoms with van der Waals surface area (Å²) < 4.78 is 5.63. The van der Waals surface area contributed by atoms with E-state index in [1.807, 2.05) is 0 Å². The lowest BCUT2D eigenvalue weighted by atomic mass is 10.1. The van der Waals surface area contributed by atoms with Gasteiger partial charge in [0.1, 0.15) is 6.07 Å². The summed E-state index contributed by atoms with van der Waals surface area (Å²) in [5.41, 5.74) is 1.07. The predicted molar refractivity (Wildman–Crippen MR) is 81.8 cm³/mol. The Morgan fingerprint density at radius 1 is 1.33 bits per heavy atom. The maximum Gasteiger partial charge on any atom is 0.224 e. The van der Waals surface area contributed by atoms with Gasteiger partial charge in [-0.2, -0.15) is 5.26 Å². The lowest BCUT2D eigenvalue weighted by molar-refractivity contribution is -0.116. The second-order valence-corrected chi connectivity index (χ2v) is 5.53. The minimum absolute atomic E-state index is 0.0674. The number of nitrogens with one attached hydrogen (secondary N) is 1. The monoisotopic (exact) mass is 286 g/mol. The van der Waals surface area contributed by atoms with Crippen LogP contribution in [0.1, 0.15) is 44.1 Å². The zero-order chi connectivity index (χ0) is 14.9. The summed E-state index contributed by atoms with van der Waals surface area (Å²) >= 11 is 0. The molecule has 1 amide bonds. The van der Waals surface area contributed by atoms with E-state index < -0.39 is 0 Å². The molecule has 0 aromatic heterocycles. The van der Waals surface area contributed by atoms with E-state index in [1.165, 1.54) is 25.7 Å². The highest BCUT2D eigenvalue weighted by atomic mass is 16.5. The lowest BCUT2D eigenvalue weighted by Crippen LogP contribution is -2.14. The molecule has 0 aliphatic heterocycles. The van der Waals surface area contributed by atoms with Crippen LogP contribution in [0.2, 0.25) is 0 Å². The molecule has 0 atom stereocenters. The summed E-state index contributed by atoms with van der Waals surface area (Å²) in [5.74, 6) is 0.656. The summed E-state index contributed by atoms with van der Waals surface area (Å²) in [6.07, 6.45) is 6.36. The zero-order valence-electron chi connectivity index (χ0n) is 12.3. The van der Waals surface area contributed by atoms with Crippen molar-refractivity contribution < 1.29 is 9.53 Å². The van der Waals surface area contributed by atoms with Crippen molar-refractivity contribution in [3.8, 4) is 6.07 Å². The van der Waals surface area contributed by atoms with E-state index in [9.17, 15) is 4.79 Å². The number of para-hydroxylation sites is 1. The number of hydrogen-bond donors (Lipinski definition) is 1. The van der Waals surface area contributed by atoms with Crippen molar-refractivity contribution in [3.05, 3.63) is 29.8 Å². The van der Waals surface area contributed by atoms with Gasteiger partial charge in [-0.3, -0.25) is 4.79 Å². The Kier molecular flexibility index (Phi) is 6.23. The van der Waals surface area contributed by atoms with Crippen LogP contribution >= 0.6 is 0 Å². The highest BCUT2D eigenvalue weighted by Gasteiger charge is 2.14. The van der Waals surface area contributed by atoms with Crippen LogP contribution in [0.15, 0.2) is 24.3 Å². The van der Waals surface area contributed by atoms with Crippen molar-refractivity contribution in [3.63, 3.8) is 0 Å². The van der Waals surface area contributed by atoms with Crippen molar-refractivity contribution in [1.29, 1.82) is 5.26 Å². The molecule has 0 bridgehead atoms. The van der Waals surface area contributed by atoms with Gasteiger partial charge in [0, 0.05) is 19.6 Å². The van der Waals surface area contributed by atoms with Crippen LogP contribution < -0.4 is 5.32 Å². The molecule has 4 nitrogen and oxygen atoms in total. The first-order valence-corrected chi connectivity index (χ1v) is 7.66. The Bertz CT molecular complexity index is 502. The molecule has 1 aliphatic rings. The maximum absolute atomic E-state index is 11.8. The molecule has 1 fully saturated rings. The normalized spacial score (nSPS) is 14.8. The topological polar surface area (TPSA) is 62.1 Å². The fraction of sp³-hybridized carbons (Fsp3) is 0.529. The fourth-order valence-corrected chi connectivity index (χ4v) is 2.66. The molecule has 21 heavy (non-hydrogen) atoms. The fourth-order valence-electron chi connectivity index (χ4n) is 2.66. The van der Waals surface area contributed by atoms with E-state index >= 15 is 0 Å². The van der Waals surface area contributed by atoms with Crippen LogP contribution in [-0.4, -0.2) is 19.1 Å². The number of rotatable bonds is 7. The van der Waals surface area contributed by atoms with Gasteiger partial charge in [-0.05, 0) is 37.3 Å². The highest BCUT2D eigenvalue weighted by Crippen LogP contribution is 2.24. The van der Waals surface area contributed by atoms with Crippen LogP contribution in [0.5, 0.6) is 0 Å². The standard InChI is InChI=1S/C17H22N2O2/c18-12-15-8-3-4-9-16(15)19-17(20)10-5-11-21-13-14-6-1-2-7-14/h3-4,8-9,14H,1-2,5-7,10-11,13H2,(H,19,20). The van der Waals surface area contributed by atoms with E-state index in [0.717, 1.165) is 12.5 Å². The number of carbonyl (C=O) groups is 1. The third-order valence-corrected chi connectivity index (χ3v) is 3.84. The van der Waals surface area contributed by atoms with Gasteiger partial charge in [-0.1, -0.05) is 25.0 Å². The average Bonchev–Trinajstić information content (AvgIpc) is 3.01. The summed E-state index contributed by atoms with van der Waals surface area (Å²) in [5, 5.41) is 11.7. The summed E-state index contributed by atoms with van der Waals surface area (Å²) in [7, 11) is 0. The Hall–Kier alpha value is -1.86. The lowest BCUT2D eigenvalue weighted by Gasteiger charge is -2.10. The first-order valence-electron chi connectivity index (χ1n) is 7.66. The molecule has 1 aliphatic carbocycles. The van der Waals surface area contributed by atoms with Crippen molar-refractivity contribution in [2.75, 3.05) is 18.5 Å². The first-order chi connectivity index (χ1) is 10.3. The van der Waals surface area contributed by atoms with E-state index in [4.69, 9.17) is 10.00 Å². The smallest absolute Gasteiger partial charge is 0.224 e. The molecular weight excluding hydrogens is 264 g/mol. The number of benzene rings is 1. The third-order valence-electron chi connectivity index (χ3n) is 3.84. The van der Waals surface area contributed by atoms with Crippen LogP contribution in [0, 0.1) is 17.2 Å². The van der Waals surface area contributed by atoms with Gasteiger partial charge >= 0.3 is 0 Å². The molecule has 1 aromatic rings. The van der Waals surface area contributed by atoms with Crippen LogP contribution in [0.25, 0.3) is 0 Å². The minimum atomic E-state index is -0.0674. The number of amides is 1. The Labute approximate surface area is 126 Å². The van der Waals surface area contributed by atoms with Crippen LogP contribution in [0.4, 0.5) is 5.69 Å². The second-order valence-electron chi connectivity index (χ2n) is 5.53. The number of ether oxygens (including phenoxy) is 1. The Balaban J connectivity index is 1.62. The largest absolute Gasteiger partial charge is 0.381 e. The maximum atomic E-state index is 11.8. The summed E-state index contributed by atoms with van der Waals surface area (Å²) in [6.45, 7) is 1.46. The number of nitrogens with zero attached hydrogens (tertiary/aromatic N) is 1. The van der Waals surface area contributed by atoms with E-state index in [-0.39, 0.29) is 5.91 Å². The number of carbonyl (C=O) groups excluding carboxylic acids is 1. The molecule has 0 spiro atoms. The Morgan fingerprint density at radius 3 is 2.86 bits per heavy atom. The third kappa shape index (κ3) is 5.20. The molecular formula is C17H22N2O2. The second kappa shape index (κ2) is 8.43. The van der Waals surface area contributed by atoms with E-state index in [1.54, 1.807) is 24.3 Å². The molecule has 2 rings (SSSR count). The average molecular weight is 286 g/mol. The minimum Gasteiger partial charge on any atom is -0.381 e. The van der Waals surface area contributed by atoms with Gasteiger partial charge in [0.05, 0.1) is 11.3 Å². The molecule has 0 unspecified atom stereocenters. The molecule has 1 aromatic carbocycles. The van der Waals surface area contributed by atoms with Gasteiger partial charge in [-0.25, -0.2) is 0 Å². The first kappa shape index (κ1) is 15.5. The van der Waals surface area contributed by atoms with Gasteiger partial charge in [0.25, 0.3) is 0 Å². The van der Waals surface area contributed by atoms with Gasteiger partial charge in [0.2, 0.25) is 5.91 Å². The Morgan fingerprint density at radius 2 is 2.10 bits per heavy atom. The van der Waals surface area contributed by atoms with Crippen molar-refractivity contribution in [2.45, 2.75) is 38.5 Å². The number of nitriles is 1. The van der Waals surface area contributed by atoms with Crippen molar-refractivity contribution in [1.82, 2.24) is 0 Å². The van der Waals surface area contributed by atoms with Crippen molar-refractivity contribution >= 4 is 11.6 Å². The summed E-state index contributed by atoms with van der Waals surface area (Å²) in [6, 6.07) is 9.10. The molecule has 1 saturated carbocycles. The van der Waals surface area contributed by atoms with Crippen molar-refractivity contribution in [2.24, 2.45) is 5.92 Å². The van der Waals surface area contributed by atoms with Crippen LogP contribution in [-0.2, 0) is 9.53 Å². The van der Waals surface area contributed by atoms with Gasteiger partial charge in [-0.15, -0.1) is 0 Å². The molecule has 112 valence electrons. The molecule has 1 N–H and O–H groups in total. The number of anilines is 1. The highest BCUT2D eigenvalue weighted by molar-refractivity contribution is 5.92. The van der Waals surface area contributed by atoms with E-state index in [2.05, 4.69) is 11.4 Å². The van der Waals surface area contributed by atoms with Gasteiger partial charge < -0.3 is 10.1 Å². The van der Waals surface area contributed by atoms with Gasteiger partial charge in [0.15, 0.2) is 0 Å². The van der Waals surface area contributed by atoms with E-state index in [0.29, 0.717) is 30.7 Å². The zero-order valence-corrected chi connectivity index (χ0v) is 12.3. The molecule has 4 heteroatoms.